The third-order valence-corrected chi connectivity index (χ3v) is 5.05. The molecule has 0 fully saturated rings. The fraction of sp³-hybridized carbons (Fsp3) is 0.318. The number of aryl methyl sites for hydroxylation is 1. The maximum Gasteiger partial charge on any atom is 0.308 e. The topological polar surface area (TPSA) is 50.7 Å². The summed E-state index contributed by atoms with van der Waals surface area (Å²) >= 11 is 5.46. The van der Waals surface area contributed by atoms with E-state index in [2.05, 4.69) is 5.32 Å². The van der Waals surface area contributed by atoms with Gasteiger partial charge in [-0.15, -0.1) is 0 Å². The Bertz CT molecular complexity index is 1000. The number of fused-ring (bicyclic) bond motifs is 1. The molecule has 0 bridgehead atoms. The summed E-state index contributed by atoms with van der Waals surface area (Å²) in [4.78, 5) is 17.5. The second-order valence-electron chi connectivity index (χ2n) is 6.92. The van der Waals surface area contributed by atoms with Gasteiger partial charge in [0, 0.05) is 17.3 Å². The van der Waals surface area contributed by atoms with E-state index in [-0.39, 0.29) is 18.2 Å². The summed E-state index contributed by atoms with van der Waals surface area (Å²) in [7, 11) is 0. The van der Waals surface area contributed by atoms with Crippen molar-refractivity contribution >= 4 is 29.3 Å². The normalized spacial score (nSPS) is 17.2. The Morgan fingerprint density at radius 2 is 2.00 bits per heavy atom. The number of ether oxygens (including phenoxy) is 1. The Hall–Kier alpha value is -2.60. The van der Waals surface area contributed by atoms with E-state index in [0.717, 1.165) is 5.56 Å². The van der Waals surface area contributed by atoms with Gasteiger partial charge in [0.15, 0.2) is 0 Å². The van der Waals surface area contributed by atoms with E-state index >= 15 is 0 Å². The molecule has 3 rings (SSSR count). The highest BCUT2D eigenvalue weighted by Gasteiger charge is 2.33. The monoisotopic (exact) mass is 398 g/mol. The molecule has 0 aliphatic carbocycles. The Kier molecular flexibility index (Phi) is 6.19. The lowest BCUT2D eigenvalue weighted by Crippen LogP contribution is -2.34. The summed E-state index contributed by atoms with van der Waals surface area (Å²) in [6, 6.07) is 12.4. The van der Waals surface area contributed by atoms with Crippen LogP contribution in [0.25, 0.3) is 6.08 Å². The number of halogens is 1. The van der Waals surface area contributed by atoms with Gasteiger partial charge in [-0.25, -0.2) is 4.39 Å². The van der Waals surface area contributed by atoms with Crippen molar-refractivity contribution in [1.29, 1.82) is 0 Å². The number of hydrogen-bond donors (Lipinski definition) is 1. The molecular formula is C22H23FN2O2S. The number of nitrogens with zero attached hydrogens (tertiary/aromatic N) is 1. The zero-order valence-electron chi connectivity index (χ0n) is 16.0. The van der Waals surface area contributed by atoms with E-state index < -0.39 is 5.54 Å². The van der Waals surface area contributed by atoms with Crippen LogP contribution in [-0.2, 0) is 9.53 Å². The van der Waals surface area contributed by atoms with E-state index in [0.29, 0.717) is 35.1 Å². The van der Waals surface area contributed by atoms with Gasteiger partial charge in [0.05, 0.1) is 23.9 Å². The van der Waals surface area contributed by atoms with Gasteiger partial charge in [0.1, 0.15) is 10.8 Å². The number of esters is 1. The van der Waals surface area contributed by atoms with Crippen LogP contribution in [0.1, 0.15) is 30.9 Å². The largest absolute Gasteiger partial charge is 0.466 e. The molecule has 1 aliphatic rings. The molecule has 2 aromatic rings. The molecule has 1 unspecified atom stereocenters. The van der Waals surface area contributed by atoms with Crippen LogP contribution in [0.4, 0.5) is 4.39 Å². The number of hydrogen-bond acceptors (Lipinski definition) is 4. The molecule has 6 heteroatoms. The first-order valence-electron chi connectivity index (χ1n) is 9.30. The summed E-state index contributed by atoms with van der Waals surface area (Å²) in [5, 5.41) is 4.63. The number of nitrogens with one attached hydrogen (secondary N) is 1. The van der Waals surface area contributed by atoms with Crippen molar-refractivity contribution in [2.24, 2.45) is 4.99 Å². The fourth-order valence-corrected chi connectivity index (χ4v) is 3.51. The molecule has 0 saturated heterocycles. The summed E-state index contributed by atoms with van der Waals surface area (Å²) < 4.78 is 18.7. The first kappa shape index (κ1) is 20.1. The number of thiocarbonyl (C=S) groups is 1. The third kappa shape index (κ3) is 4.81. The number of benzene rings is 2. The highest BCUT2D eigenvalue weighted by molar-refractivity contribution is 7.80. The second kappa shape index (κ2) is 8.61. The Morgan fingerprint density at radius 1 is 1.25 bits per heavy atom. The Balaban J connectivity index is 1.74. The molecule has 2 aromatic carbocycles. The van der Waals surface area contributed by atoms with Crippen molar-refractivity contribution in [2.75, 3.05) is 13.2 Å². The average Bonchev–Trinajstić information content (AvgIpc) is 2.99. The van der Waals surface area contributed by atoms with Crippen molar-refractivity contribution in [3.8, 4) is 0 Å². The Morgan fingerprint density at radius 3 is 2.71 bits per heavy atom. The highest BCUT2D eigenvalue weighted by atomic mass is 32.1. The smallest absolute Gasteiger partial charge is 0.308 e. The molecule has 4 nitrogen and oxygen atoms in total. The Labute approximate surface area is 169 Å². The van der Waals surface area contributed by atoms with E-state index in [1.54, 1.807) is 13.0 Å². The lowest BCUT2D eigenvalue weighted by molar-refractivity contribution is -0.144. The minimum atomic E-state index is -0.766. The molecule has 0 amide bonds. The van der Waals surface area contributed by atoms with Crippen molar-refractivity contribution in [3.63, 3.8) is 0 Å². The maximum atomic E-state index is 13.6. The van der Waals surface area contributed by atoms with Crippen LogP contribution in [0, 0.1) is 12.7 Å². The number of carbonyl (C=O) groups excluding carboxylic acids is 1. The molecule has 1 N–H and O–H groups in total. The minimum absolute atomic E-state index is 0.107. The molecule has 1 heterocycles. The second-order valence-corrected chi connectivity index (χ2v) is 7.32. The molecule has 0 radical (unpaired) electrons. The summed E-state index contributed by atoms with van der Waals surface area (Å²) in [6.07, 6.45) is 2.50. The zero-order chi connectivity index (χ0) is 20.1. The summed E-state index contributed by atoms with van der Waals surface area (Å²) in [5.41, 5.74) is 1.35. The van der Waals surface area contributed by atoms with E-state index in [4.69, 9.17) is 21.9 Å². The van der Waals surface area contributed by atoms with Gasteiger partial charge in [-0.05, 0) is 44.5 Å². The van der Waals surface area contributed by atoms with Gasteiger partial charge < -0.3 is 10.1 Å². The number of carbonyl (C=O) groups is 1. The van der Waals surface area contributed by atoms with Crippen LogP contribution in [0.15, 0.2) is 47.5 Å². The molecule has 146 valence electrons. The van der Waals surface area contributed by atoms with Crippen LogP contribution in [0.2, 0.25) is 0 Å². The van der Waals surface area contributed by atoms with Crippen LogP contribution in [0.5, 0.6) is 0 Å². The van der Waals surface area contributed by atoms with Crippen molar-refractivity contribution in [2.45, 2.75) is 32.2 Å². The standard InChI is InChI=1S/C22H23FN2O2S/c1-3-27-20(26)14-22(13-17-12-18(23)8-9-19(17)25-22)10-11-24-21(28)16-6-4-15(2)5-7-16/h4-9,12-13H,3,10-11,14H2,1-2H3,(H,24,28). The molecule has 28 heavy (non-hydrogen) atoms. The average molecular weight is 399 g/mol. The van der Waals surface area contributed by atoms with Gasteiger partial charge in [-0.1, -0.05) is 42.0 Å². The first-order valence-corrected chi connectivity index (χ1v) is 9.70. The van der Waals surface area contributed by atoms with Gasteiger partial charge in [-0.2, -0.15) is 0 Å². The molecule has 1 aliphatic heterocycles. The predicted molar refractivity (Wildman–Crippen MR) is 111 cm³/mol. The highest BCUT2D eigenvalue weighted by Crippen LogP contribution is 2.25. The maximum absolute atomic E-state index is 13.6. The van der Waals surface area contributed by atoms with Gasteiger partial charge in [0.2, 0.25) is 0 Å². The molecule has 0 aromatic heterocycles. The van der Waals surface area contributed by atoms with Gasteiger partial charge >= 0.3 is 5.97 Å². The molecular weight excluding hydrogens is 375 g/mol. The fourth-order valence-electron chi connectivity index (χ4n) is 3.27. The lowest BCUT2D eigenvalue weighted by atomic mass is 9.92. The molecule has 0 spiro atoms. The van der Waals surface area contributed by atoms with Crippen LogP contribution in [0.3, 0.4) is 0 Å². The molecule has 0 saturated carbocycles. The van der Waals surface area contributed by atoms with Gasteiger partial charge in [0.25, 0.3) is 0 Å². The summed E-state index contributed by atoms with van der Waals surface area (Å²) in [5.74, 6) is -0.646. The van der Waals surface area contributed by atoms with Crippen molar-refractivity contribution in [1.82, 2.24) is 5.32 Å². The van der Waals surface area contributed by atoms with Crippen molar-refractivity contribution in [3.05, 3.63) is 70.0 Å². The van der Waals surface area contributed by atoms with Crippen LogP contribution in [-0.4, -0.2) is 29.6 Å². The SMILES string of the molecule is CCOC(=O)CC1(CCNC(=S)c2ccc(C)cc2)C=c2cc(F)ccc2=N1. The molecule has 1 atom stereocenters. The van der Waals surface area contributed by atoms with Gasteiger partial charge in [-0.3, -0.25) is 9.79 Å². The number of rotatable bonds is 7. The minimum Gasteiger partial charge on any atom is -0.466 e. The summed E-state index contributed by atoms with van der Waals surface area (Å²) in [6.45, 7) is 4.64. The van der Waals surface area contributed by atoms with E-state index in [9.17, 15) is 9.18 Å². The predicted octanol–water partition coefficient (Wildman–Crippen LogP) is 2.60. The van der Waals surface area contributed by atoms with E-state index in [1.165, 1.54) is 17.7 Å². The van der Waals surface area contributed by atoms with Crippen molar-refractivity contribution < 1.29 is 13.9 Å². The lowest BCUT2D eigenvalue weighted by Gasteiger charge is -2.24. The quantitative estimate of drug-likeness (QED) is 0.575. The van der Waals surface area contributed by atoms with Crippen LogP contribution >= 0.6 is 12.2 Å². The van der Waals surface area contributed by atoms with Crippen LogP contribution < -0.4 is 15.9 Å². The third-order valence-electron chi connectivity index (χ3n) is 4.67. The first-order chi connectivity index (χ1) is 13.4. The van der Waals surface area contributed by atoms with E-state index in [1.807, 2.05) is 37.3 Å². The zero-order valence-corrected chi connectivity index (χ0v) is 16.8.